The third kappa shape index (κ3) is 1.78. The minimum absolute atomic E-state index is 0.287. The number of oxazole rings is 1. The molecule has 3 rings (SSSR count). The summed E-state index contributed by atoms with van der Waals surface area (Å²) in [6.45, 7) is 0.287. The summed E-state index contributed by atoms with van der Waals surface area (Å²) in [4.78, 5) is 19.8. The van der Waals surface area contributed by atoms with Gasteiger partial charge < -0.3 is 4.42 Å². The Hall–Kier alpha value is -2.14. The van der Waals surface area contributed by atoms with Gasteiger partial charge in [-0.3, -0.25) is 4.57 Å². The molecule has 0 N–H and O–H groups in total. The fourth-order valence-corrected chi connectivity index (χ4v) is 1.93. The Morgan fingerprint density at radius 3 is 2.83 bits per heavy atom. The molecule has 0 spiro atoms. The van der Waals surface area contributed by atoms with Gasteiger partial charge in [-0.05, 0) is 18.2 Å². The van der Waals surface area contributed by atoms with E-state index in [0.717, 1.165) is 5.56 Å². The monoisotopic (exact) mass is 261 g/mol. The van der Waals surface area contributed by atoms with Gasteiger partial charge in [0.25, 0.3) is 0 Å². The van der Waals surface area contributed by atoms with Crippen molar-refractivity contribution < 1.29 is 4.42 Å². The maximum absolute atomic E-state index is 11.7. The second-order valence-corrected chi connectivity index (χ2v) is 4.09. The van der Waals surface area contributed by atoms with Crippen molar-refractivity contribution in [1.29, 1.82) is 0 Å². The molecule has 0 fully saturated rings. The zero-order chi connectivity index (χ0) is 12.5. The van der Waals surface area contributed by atoms with Crippen LogP contribution in [0.2, 0.25) is 5.15 Å². The van der Waals surface area contributed by atoms with Gasteiger partial charge in [-0.25, -0.2) is 14.8 Å². The quantitative estimate of drug-likeness (QED) is 0.663. The van der Waals surface area contributed by atoms with Crippen molar-refractivity contribution in [1.82, 2.24) is 14.5 Å². The average molecular weight is 262 g/mol. The van der Waals surface area contributed by atoms with Crippen LogP contribution in [0.4, 0.5) is 0 Å². The highest BCUT2D eigenvalue weighted by atomic mass is 35.5. The number of nitrogens with zero attached hydrogens (tertiary/aromatic N) is 3. The molecule has 0 amide bonds. The van der Waals surface area contributed by atoms with Crippen LogP contribution >= 0.6 is 11.6 Å². The average Bonchev–Trinajstić information content (AvgIpc) is 2.69. The molecule has 0 atom stereocenters. The summed E-state index contributed by atoms with van der Waals surface area (Å²) in [6.07, 6.45) is 3.21. The molecule has 5 nitrogen and oxygen atoms in total. The van der Waals surface area contributed by atoms with Crippen LogP contribution in [-0.2, 0) is 6.54 Å². The molecule has 3 aromatic rings. The zero-order valence-corrected chi connectivity index (χ0v) is 9.96. The standard InChI is InChI=1S/C12H8ClN3O2/c13-10-8(3-1-5-14-10)7-16-11-9(18-12(16)17)4-2-6-15-11/h1-6H,7H2. The summed E-state index contributed by atoms with van der Waals surface area (Å²) in [5.41, 5.74) is 1.71. The number of hydrogen-bond acceptors (Lipinski definition) is 4. The second kappa shape index (κ2) is 4.27. The maximum Gasteiger partial charge on any atom is 0.421 e. The number of hydrogen-bond donors (Lipinski definition) is 0. The highest BCUT2D eigenvalue weighted by molar-refractivity contribution is 6.30. The van der Waals surface area contributed by atoms with Crippen LogP contribution in [0.1, 0.15) is 5.56 Å². The third-order valence-corrected chi connectivity index (χ3v) is 2.93. The summed E-state index contributed by atoms with van der Waals surface area (Å²) >= 11 is 5.97. The van der Waals surface area contributed by atoms with Crippen LogP contribution in [0.15, 0.2) is 45.9 Å². The second-order valence-electron chi connectivity index (χ2n) is 3.73. The van der Waals surface area contributed by atoms with Gasteiger partial charge in [0.15, 0.2) is 11.2 Å². The van der Waals surface area contributed by atoms with Crippen molar-refractivity contribution in [2.75, 3.05) is 0 Å². The van der Waals surface area contributed by atoms with Crippen LogP contribution in [0, 0.1) is 0 Å². The lowest BCUT2D eigenvalue weighted by atomic mass is 10.3. The zero-order valence-electron chi connectivity index (χ0n) is 9.21. The minimum atomic E-state index is -0.455. The molecule has 0 unspecified atom stereocenters. The van der Waals surface area contributed by atoms with Gasteiger partial charge in [-0.15, -0.1) is 0 Å². The number of halogens is 1. The van der Waals surface area contributed by atoms with Gasteiger partial charge in [0.05, 0.1) is 6.54 Å². The molecule has 0 aliphatic heterocycles. The molecule has 0 aliphatic rings. The lowest BCUT2D eigenvalue weighted by molar-refractivity contribution is 0.517. The highest BCUT2D eigenvalue weighted by Gasteiger charge is 2.11. The van der Waals surface area contributed by atoms with Crippen molar-refractivity contribution in [3.63, 3.8) is 0 Å². The number of pyridine rings is 2. The first kappa shape index (κ1) is 11.0. The smallest absolute Gasteiger partial charge is 0.406 e. The third-order valence-electron chi connectivity index (χ3n) is 2.59. The lowest BCUT2D eigenvalue weighted by Gasteiger charge is -2.03. The van der Waals surface area contributed by atoms with Gasteiger partial charge in [-0.2, -0.15) is 0 Å². The van der Waals surface area contributed by atoms with Gasteiger partial charge in [0.2, 0.25) is 0 Å². The van der Waals surface area contributed by atoms with E-state index in [1.165, 1.54) is 4.57 Å². The molecule has 0 bridgehead atoms. The van der Waals surface area contributed by atoms with E-state index in [4.69, 9.17) is 16.0 Å². The maximum atomic E-state index is 11.7. The molecular weight excluding hydrogens is 254 g/mol. The normalized spacial score (nSPS) is 10.9. The fourth-order valence-electron chi connectivity index (χ4n) is 1.75. The summed E-state index contributed by atoms with van der Waals surface area (Å²) in [5.74, 6) is -0.455. The van der Waals surface area contributed by atoms with Crippen molar-refractivity contribution in [3.05, 3.63) is 57.9 Å². The predicted octanol–water partition coefficient (Wildman–Crippen LogP) is 2.09. The van der Waals surface area contributed by atoms with Crippen molar-refractivity contribution >= 4 is 22.8 Å². The Balaban J connectivity index is 2.13. The van der Waals surface area contributed by atoms with Gasteiger partial charge >= 0.3 is 5.76 Å². The van der Waals surface area contributed by atoms with E-state index in [0.29, 0.717) is 16.4 Å². The molecule has 3 heterocycles. The van der Waals surface area contributed by atoms with E-state index >= 15 is 0 Å². The SMILES string of the molecule is O=c1oc2cccnc2n1Cc1cccnc1Cl. The Bertz CT molecular complexity index is 763. The van der Waals surface area contributed by atoms with Crippen molar-refractivity contribution in [2.24, 2.45) is 0 Å². The molecule has 3 aromatic heterocycles. The van der Waals surface area contributed by atoms with E-state index in [1.807, 2.05) is 6.07 Å². The van der Waals surface area contributed by atoms with E-state index in [-0.39, 0.29) is 6.54 Å². The molecule has 0 saturated heterocycles. The lowest BCUT2D eigenvalue weighted by Crippen LogP contribution is -2.15. The molecular formula is C12H8ClN3O2. The molecule has 0 aromatic carbocycles. The number of fused-ring (bicyclic) bond motifs is 1. The molecule has 0 radical (unpaired) electrons. The van der Waals surface area contributed by atoms with Crippen LogP contribution in [0.5, 0.6) is 0 Å². The first-order valence-electron chi connectivity index (χ1n) is 5.29. The largest absolute Gasteiger partial charge is 0.421 e. The topological polar surface area (TPSA) is 60.9 Å². The van der Waals surface area contributed by atoms with Crippen LogP contribution in [0.25, 0.3) is 11.2 Å². The van der Waals surface area contributed by atoms with Crippen molar-refractivity contribution in [2.45, 2.75) is 6.54 Å². The summed E-state index contributed by atoms with van der Waals surface area (Å²) in [7, 11) is 0. The Labute approximate surface area is 107 Å². The van der Waals surface area contributed by atoms with Crippen molar-refractivity contribution in [3.8, 4) is 0 Å². The Morgan fingerprint density at radius 1 is 1.22 bits per heavy atom. The van der Waals surface area contributed by atoms with E-state index in [9.17, 15) is 4.79 Å². The van der Waals surface area contributed by atoms with Crippen LogP contribution in [-0.4, -0.2) is 14.5 Å². The fraction of sp³-hybridized carbons (Fsp3) is 0.0833. The Kier molecular flexibility index (Phi) is 2.60. The minimum Gasteiger partial charge on any atom is -0.406 e. The van der Waals surface area contributed by atoms with E-state index in [1.54, 1.807) is 30.6 Å². The molecule has 0 aliphatic carbocycles. The summed E-state index contributed by atoms with van der Waals surface area (Å²) in [5, 5.41) is 0.370. The van der Waals surface area contributed by atoms with Gasteiger partial charge in [0.1, 0.15) is 5.15 Å². The highest BCUT2D eigenvalue weighted by Crippen LogP contribution is 2.15. The van der Waals surface area contributed by atoms with E-state index < -0.39 is 5.76 Å². The first-order valence-corrected chi connectivity index (χ1v) is 5.67. The van der Waals surface area contributed by atoms with E-state index in [2.05, 4.69) is 9.97 Å². The molecule has 18 heavy (non-hydrogen) atoms. The Morgan fingerprint density at radius 2 is 2.00 bits per heavy atom. The van der Waals surface area contributed by atoms with Crippen LogP contribution < -0.4 is 5.76 Å². The van der Waals surface area contributed by atoms with Gasteiger partial charge in [0, 0.05) is 18.0 Å². The molecule has 90 valence electrons. The molecule has 0 saturated carbocycles. The first-order chi connectivity index (χ1) is 8.75. The van der Waals surface area contributed by atoms with Crippen LogP contribution in [0.3, 0.4) is 0 Å². The summed E-state index contributed by atoms with van der Waals surface area (Å²) in [6, 6.07) is 6.99. The number of aromatic nitrogens is 3. The number of rotatable bonds is 2. The summed E-state index contributed by atoms with van der Waals surface area (Å²) < 4.78 is 6.52. The van der Waals surface area contributed by atoms with Gasteiger partial charge in [-0.1, -0.05) is 17.7 Å². The predicted molar refractivity (Wildman–Crippen MR) is 66.6 cm³/mol. The molecule has 6 heteroatoms.